The normalized spacial score (nSPS) is 26.2. The lowest BCUT2D eigenvalue weighted by atomic mass is 9.71. The molecule has 4 rings (SSSR count). The van der Waals surface area contributed by atoms with Gasteiger partial charge in [0.05, 0.1) is 0 Å². The molecule has 26 heavy (non-hydrogen) atoms. The second kappa shape index (κ2) is 7.69. The number of aryl methyl sites for hydroxylation is 1. The molecule has 3 aliphatic rings. The molecular weight excluding hydrogens is 324 g/mol. The number of likely N-dealkylation sites (tertiary alicyclic amines) is 2. The average Bonchev–Trinajstić information content (AvgIpc) is 2.97. The molecule has 4 heteroatoms. The highest BCUT2D eigenvalue weighted by Gasteiger charge is 2.49. The highest BCUT2D eigenvalue weighted by Crippen LogP contribution is 2.46. The van der Waals surface area contributed by atoms with Crippen molar-refractivity contribution < 1.29 is 9.90 Å². The van der Waals surface area contributed by atoms with Crippen molar-refractivity contribution in [2.45, 2.75) is 51.0 Å². The Kier molecular flexibility index (Phi) is 5.32. The second-order valence-electron chi connectivity index (χ2n) is 8.62. The quantitative estimate of drug-likeness (QED) is 0.882. The molecule has 1 aromatic carbocycles. The number of rotatable bonds is 5. The van der Waals surface area contributed by atoms with E-state index in [9.17, 15) is 9.90 Å². The van der Waals surface area contributed by atoms with E-state index in [0.717, 1.165) is 51.5 Å². The van der Waals surface area contributed by atoms with Gasteiger partial charge in [0, 0.05) is 51.2 Å². The number of aliphatic hydroxyl groups excluding tert-OH is 1. The predicted molar refractivity (Wildman–Crippen MR) is 103 cm³/mol. The van der Waals surface area contributed by atoms with Gasteiger partial charge in [-0.05, 0) is 43.1 Å². The lowest BCUT2D eigenvalue weighted by Crippen LogP contribution is -2.47. The largest absolute Gasteiger partial charge is 0.396 e. The van der Waals surface area contributed by atoms with Gasteiger partial charge in [-0.25, -0.2) is 0 Å². The third-order valence-electron chi connectivity index (χ3n) is 7.23. The molecule has 1 saturated carbocycles. The molecule has 2 saturated heterocycles. The summed E-state index contributed by atoms with van der Waals surface area (Å²) in [6.45, 7) is 4.22. The van der Waals surface area contributed by atoms with Crippen molar-refractivity contribution in [1.29, 1.82) is 0 Å². The maximum atomic E-state index is 12.6. The molecular formula is C22H32N2O2. The van der Waals surface area contributed by atoms with Gasteiger partial charge in [-0.3, -0.25) is 9.69 Å². The van der Waals surface area contributed by atoms with Crippen molar-refractivity contribution >= 4 is 5.91 Å². The summed E-state index contributed by atoms with van der Waals surface area (Å²) < 4.78 is 0. The van der Waals surface area contributed by atoms with Crippen LogP contribution in [0, 0.1) is 11.3 Å². The number of hydrogen-bond donors (Lipinski definition) is 1. The molecule has 0 unspecified atom stereocenters. The summed E-state index contributed by atoms with van der Waals surface area (Å²) in [6.07, 6.45) is 7.57. The van der Waals surface area contributed by atoms with Crippen LogP contribution in [-0.2, 0) is 11.2 Å². The fourth-order valence-electron chi connectivity index (χ4n) is 5.18. The number of nitrogens with zero attached hydrogens (tertiary/aromatic N) is 2. The lowest BCUT2D eigenvalue weighted by Gasteiger charge is -2.43. The summed E-state index contributed by atoms with van der Waals surface area (Å²) >= 11 is 0. The van der Waals surface area contributed by atoms with Gasteiger partial charge < -0.3 is 10.0 Å². The highest BCUT2D eigenvalue weighted by molar-refractivity contribution is 5.76. The maximum Gasteiger partial charge on any atom is 0.222 e. The van der Waals surface area contributed by atoms with Gasteiger partial charge in [0.15, 0.2) is 0 Å². The molecule has 3 fully saturated rings. The van der Waals surface area contributed by atoms with E-state index in [0.29, 0.717) is 18.9 Å². The van der Waals surface area contributed by atoms with Crippen molar-refractivity contribution in [1.82, 2.24) is 9.80 Å². The van der Waals surface area contributed by atoms with E-state index in [4.69, 9.17) is 0 Å². The van der Waals surface area contributed by atoms with Crippen molar-refractivity contribution in [2.24, 2.45) is 11.3 Å². The summed E-state index contributed by atoms with van der Waals surface area (Å²) in [7, 11) is 0. The number of piperidine rings is 1. The highest BCUT2D eigenvalue weighted by atomic mass is 16.3. The van der Waals surface area contributed by atoms with E-state index >= 15 is 0 Å². The number of hydrogen-bond acceptors (Lipinski definition) is 3. The molecule has 1 amide bonds. The minimum absolute atomic E-state index is 0.237. The fourth-order valence-corrected chi connectivity index (χ4v) is 5.18. The molecule has 0 bridgehead atoms. The molecule has 1 N–H and O–H groups in total. The number of carbonyl (C=O) groups excluding carboxylic acids is 1. The van der Waals surface area contributed by atoms with E-state index in [1.807, 2.05) is 18.2 Å². The molecule has 1 spiro atoms. The van der Waals surface area contributed by atoms with Gasteiger partial charge >= 0.3 is 0 Å². The van der Waals surface area contributed by atoms with Gasteiger partial charge in [-0.2, -0.15) is 0 Å². The first-order valence-electron chi connectivity index (χ1n) is 10.4. The summed E-state index contributed by atoms with van der Waals surface area (Å²) in [5.74, 6) is 0.683. The van der Waals surface area contributed by atoms with E-state index < -0.39 is 0 Å². The van der Waals surface area contributed by atoms with E-state index in [1.165, 1.54) is 24.8 Å². The van der Waals surface area contributed by atoms with Crippen molar-refractivity contribution in [2.75, 3.05) is 32.8 Å². The van der Waals surface area contributed by atoms with Crippen LogP contribution < -0.4 is 0 Å². The maximum absolute atomic E-state index is 12.6. The predicted octanol–water partition coefficient (Wildman–Crippen LogP) is 2.70. The SMILES string of the molecule is O=C(CCc1ccccc1)N1CCC2(CC1)CN(C1CCC1)C[C@@H]2CO. The monoisotopic (exact) mass is 356 g/mol. The van der Waals surface area contributed by atoms with E-state index in [2.05, 4.69) is 21.9 Å². The van der Waals surface area contributed by atoms with Crippen LogP contribution >= 0.6 is 0 Å². The Balaban J connectivity index is 1.30. The molecule has 142 valence electrons. The first-order valence-corrected chi connectivity index (χ1v) is 10.4. The molecule has 1 aromatic rings. The Hall–Kier alpha value is -1.39. The third kappa shape index (κ3) is 3.54. The Morgan fingerprint density at radius 1 is 1.15 bits per heavy atom. The van der Waals surface area contributed by atoms with Crippen LogP contribution in [0.4, 0.5) is 0 Å². The average molecular weight is 357 g/mol. The van der Waals surface area contributed by atoms with Crippen LogP contribution in [0.15, 0.2) is 30.3 Å². The third-order valence-corrected chi connectivity index (χ3v) is 7.23. The smallest absolute Gasteiger partial charge is 0.222 e. The lowest BCUT2D eigenvalue weighted by molar-refractivity contribution is -0.134. The summed E-state index contributed by atoms with van der Waals surface area (Å²) in [5, 5.41) is 9.95. The van der Waals surface area contributed by atoms with Gasteiger partial charge in [-0.15, -0.1) is 0 Å². The van der Waals surface area contributed by atoms with Crippen LogP contribution in [0.5, 0.6) is 0 Å². The number of aliphatic hydroxyl groups is 1. The van der Waals surface area contributed by atoms with Crippen molar-refractivity contribution in [3.8, 4) is 0 Å². The molecule has 1 atom stereocenters. The Morgan fingerprint density at radius 2 is 1.88 bits per heavy atom. The zero-order chi connectivity index (χ0) is 18.0. The van der Waals surface area contributed by atoms with E-state index in [1.54, 1.807) is 0 Å². The van der Waals surface area contributed by atoms with Crippen LogP contribution in [-0.4, -0.2) is 59.6 Å². The van der Waals surface area contributed by atoms with Crippen LogP contribution in [0.2, 0.25) is 0 Å². The zero-order valence-corrected chi connectivity index (χ0v) is 15.8. The van der Waals surface area contributed by atoms with Gasteiger partial charge in [0.25, 0.3) is 0 Å². The van der Waals surface area contributed by atoms with Gasteiger partial charge in [-0.1, -0.05) is 36.8 Å². The molecule has 1 aliphatic carbocycles. The van der Waals surface area contributed by atoms with E-state index in [-0.39, 0.29) is 11.3 Å². The Bertz CT molecular complexity index is 606. The summed E-state index contributed by atoms with van der Waals surface area (Å²) in [4.78, 5) is 17.3. The van der Waals surface area contributed by atoms with Crippen LogP contribution in [0.25, 0.3) is 0 Å². The zero-order valence-electron chi connectivity index (χ0n) is 15.8. The number of amides is 1. The molecule has 0 aromatic heterocycles. The topological polar surface area (TPSA) is 43.8 Å². The Morgan fingerprint density at radius 3 is 2.50 bits per heavy atom. The Labute approximate surface area is 157 Å². The van der Waals surface area contributed by atoms with Gasteiger partial charge in [0.1, 0.15) is 0 Å². The van der Waals surface area contributed by atoms with Crippen LogP contribution in [0.3, 0.4) is 0 Å². The molecule has 4 nitrogen and oxygen atoms in total. The first kappa shape index (κ1) is 18.0. The standard InChI is InChI=1S/C22H32N2O2/c25-16-19-15-24(20-7-4-8-20)17-22(19)11-13-23(14-12-22)21(26)10-9-18-5-2-1-3-6-18/h1-3,5-6,19-20,25H,4,7-17H2/t19-/m1/s1. The minimum Gasteiger partial charge on any atom is -0.396 e. The molecule has 2 aliphatic heterocycles. The van der Waals surface area contributed by atoms with Crippen LogP contribution in [0.1, 0.15) is 44.1 Å². The molecule has 0 radical (unpaired) electrons. The fraction of sp³-hybridized carbons (Fsp3) is 0.682. The van der Waals surface area contributed by atoms with Crippen molar-refractivity contribution in [3.63, 3.8) is 0 Å². The van der Waals surface area contributed by atoms with Crippen molar-refractivity contribution in [3.05, 3.63) is 35.9 Å². The molecule has 2 heterocycles. The second-order valence-corrected chi connectivity index (χ2v) is 8.62. The number of benzene rings is 1. The summed E-state index contributed by atoms with van der Waals surface area (Å²) in [5.41, 5.74) is 1.47. The minimum atomic E-state index is 0.237. The summed E-state index contributed by atoms with van der Waals surface area (Å²) in [6, 6.07) is 11.0. The van der Waals surface area contributed by atoms with Gasteiger partial charge in [0.2, 0.25) is 5.91 Å². The first-order chi connectivity index (χ1) is 12.7. The number of carbonyl (C=O) groups is 1.